The van der Waals surface area contributed by atoms with Gasteiger partial charge in [-0.2, -0.15) is 0 Å². The van der Waals surface area contributed by atoms with Crippen molar-refractivity contribution in [2.75, 3.05) is 7.11 Å². The molecule has 0 aliphatic carbocycles. The summed E-state index contributed by atoms with van der Waals surface area (Å²) in [5.74, 6) is 0.199. The van der Waals surface area contributed by atoms with Crippen molar-refractivity contribution in [2.45, 2.75) is 20.1 Å². The second kappa shape index (κ2) is 2.99. The Morgan fingerprint density at radius 1 is 1.43 bits per heavy atom. The minimum Gasteiger partial charge on any atom is -0.368 e. The summed E-state index contributed by atoms with van der Waals surface area (Å²) in [7, 11) is 1.49. The maximum absolute atomic E-state index is 8.71. The third kappa shape index (κ3) is 2.60. The predicted octanol–water partition coefficient (Wildman–Crippen LogP) is 0.607. The SMILES string of the molecule is CO[C@H](O)C(C)C. The Kier molecular flexibility index (Phi) is 2.96. The summed E-state index contributed by atoms with van der Waals surface area (Å²) in [6, 6.07) is 0. The van der Waals surface area contributed by atoms with E-state index >= 15 is 0 Å². The number of aliphatic hydroxyl groups is 1. The van der Waals surface area contributed by atoms with Crippen LogP contribution in [-0.2, 0) is 4.74 Å². The number of hydrogen-bond donors (Lipinski definition) is 1. The zero-order valence-electron chi connectivity index (χ0n) is 5.01. The topological polar surface area (TPSA) is 29.5 Å². The molecule has 0 aromatic rings. The van der Waals surface area contributed by atoms with Crippen molar-refractivity contribution in [3.63, 3.8) is 0 Å². The van der Waals surface area contributed by atoms with E-state index < -0.39 is 6.29 Å². The van der Waals surface area contributed by atoms with Crippen molar-refractivity contribution >= 4 is 0 Å². The predicted molar refractivity (Wildman–Crippen MR) is 27.9 cm³/mol. The van der Waals surface area contributed by atoms with Crippen LogP contribution in [-0.4, -0.2) is 18.5 Å². The first-order chi connectivity index (χ1) is 3.18. The molecular weight excluding hydrogens is 92.1 g/mol. The second-order valence-corrected chi connectivity index (χ2v) is 1.87. The van der Waals surface area contributed by atoms with Crippen LogP contribution < -0.4 is 0 Å². The number of methoxy groups -OCH3 is 1. The standard InChI is InChI=1S/C5H12O2/c1-4(2)5(6)7-3/h4-6H,1-3H3/t5-/m0/s1. The van der Waals surface area contributed by atoms with Crippen LogP contribution in [0.3, 0.4) is 0 Å². The van der Waals surface area contributed by atoms with Gasteiger partial charge in [0.05, 0.1) is 0 Å². The van der Waals surface area contributed by atoms with Crippen molar-refractivity contribution < 1.29 is 9.84 Å². The molecule has 0 unspecified atom stereocenters. The van der Waals surface area contributed by atoms with Crippen LogP contribution in [0.2, 0.25) is 0 Å². The summed E-state index contributed by atoms with van der Waals surface area (Å²) in [6.07, 6.45) is -0.597. The van der Waals surface area contributed by atoms with Gasteiger partial charge in [0.2, 0.25) is 0 Å². The number of aliphatic hydroxyl groups excluding tert-OH is 1. The number of ether oxygens (including phenoxy) is 1. The van der Waals surface area contributed by atoms with Gasteiger partial charge in [-0.3, -0.25) is 0 Å². The molecule has 0 radical (unpaired) electrons. The molecule has 0 aromatic carbocycles. The molecule has 0 aliphatic rings. The van der Waals surface area contributed by atoms with Gasteiger partial charge >= 0.3 is 0 Å². The molecule has 0 saturated heterocycles. The average molecular weight is 104 g/mol. The van der Waals surface area contributed by atoms with Gasteiger partial charge in [0.1, 0.15) is 0 Å². The Hall–Kier alpha value is -0.0800. The van der Waals surface area contributed by atoms with Gasteiger partial charge in [-0.05, 0) is 0 Å². The summed E-state index contributed by atoms with van der Waals surface area (Å²) in [6.45, 7) is 3.79. The Labute approximate surface area is 44.1 Å². The van der Waals surface area contributed by atoms with Crippen LogP contribution in [0, 0.1) is 5.92 Å². The first kappa shape index (κ1) is 6.92. The van der Waals surface area contributed by atoms with Gasteiger partial charge in [0, 0.05) is 13.0 Å². The molecule has 2 heteroatoms. The van der Waals surface area contributed by atoms with Crippen molar-refractivity contribution in [1.82, 2.24) is 0 Å². The lowest BCUT2D eigenvalue weighted by Crippen LogP contribution is -2.15. The highest BCUT2D eigenvalue weighted by Gasteiger charge is 2.04. The van der Waals surface area contributed by atoms with Crippen molar-refractivity contribution in [2.24, 2.45) is 5.92 Å². The van der Waals surface area contributed by atoms with Crippen molar-refractivity contribution in [3.8, 4) is 0 Å². The number of rotatable bonds is 2. The van der Waals surface area contributed by atoms with Crippen LogP contribution in [0.25, 0.3) is 0 Å². The van der Waals surface area contributed by atoms with Gasteiger partial charge < -0.3 is 9.84 Å². The average Bonchev–Trinajstić information content (AvgIpc) is 1.65. The highest BCUT2D eigenvalue weighted by atomic mass is 16.6. The fraction of sp³-hybridized carbons (Fsp3) is 1.00. The van der Waals surface area contributed by atoms with E-state index in [2.05, 4.69) is 4.74 Å². The Balaban J connectivity index is 3.14. The number of hydrogen-bond acceptors (Lipinski definition) is 2. The minimum atomic E-state index is -0.597. The third-order valence-corrected chi connectivity index (χ3v) is 0.812. The molecule has 2 nitrogen and oxygen atoms in total. The normalized spacial score (nSPS) is 15.0. The fourth-order valence-electron chi connectivity index (χ4n) is 0.272. The maximum atomic E-state index is 8.71. The summed E-state index contributed by atoms with van der Waals surface area (Å²) in [5, 5.41) is 8.71. The first-order valence-corrected chi connectivity index (χ1v) is 2.39. The van der Waals surface area contributed by atoms with Crippen LogP contribution in [0.5, 0.6) is 0 Å². The highest BCUT2D eigenvalue weighted by molar-refractivity contribution is 4.43. The smallest absolute Gasteiger partial charge is 0.156 e. The zero-order valence-corrected chi connectivity index (χ0v) is 5.01. The molecule has 0 amide bonds. The second-order valence-electron chi connectivity index (χ2n) is 1.87. The van der Waals surface area contributed by atoms with Gasteiger partial charge in [-0.1, -0.05) is 13.8 Å². The van der Waals surface area contributed by atoms with Gasteiger partial charge in [0.25, 0.3) is 0 Å². The van der Waals surface area contributed by atoms with Gasteiger partial charge in [-0.25, -0.2) is 0 Å². The molecule has 44 valence electrons. The van der Waals surface area contributed by atoms with Gasteiger partial charge in [0.15, 0.2) is 6.29 Å². The third-order valence-electron chi connectivity index (χ3n) is 0.812. The van der Waals surface area contributed by atoms with Gasteiger partial charge in [-0.15, -0.1) is 0 Å². The lowest BCUT2D eigenvalue weighted by atomic mass is 10.2. The van der Waals surface area contributed by atoms with E-state index in [0.29, 0.717) is 0 Å². The van der Waals surface area contributed by atoms with E-state index in [1.54, 1.807) is 0 Å². The van der Waals surface area contributed by atoms with Crippen LogP contribution in [0.15, 0.2) is 0 Å². The molecule has 0 rings (SSSR count). The maximum Gasteiger partial charge on any atom is 0.156 e. The molecule has 0 heterocycles. The van der Waals surface area contributed by atoms with E-state index in [1.807, 2.05) is 13.8 Å². The zero-order chi connectivity index (χ0) is 5.86. The fourth-order valence-corrected chi connectivity index (χ4v) is 0.272. The molecule has 1 atom stereocenters. The summed E-state index contributed by atoms with van der Waals surface area (Å²) < 4.78 is 4.57. The van der Waals surface area contributed by atoms with E-state index in [4.69, 9.17) is 5.11 Å². The first-order valence-electron chi connectivity index (χ1n) is 2.39. The van der Waals surface area contributed by atoms with Crippen LogP contribution >= 0.6 is 0 Å². The molecule has 0 bridgehead atoms. The van der Waals surface area contributed by atoms with Crippen LogP contribution in [0.4, 0.5) is 0 Å². The molecule has 0 spiro atoms. The van der Waals surface area contributed by atoms with E-state index in [0.717, 1.165) is 0 Å². The highest BCUT2D eigenvalue weighted by Crippen LogP contribution is 1.98. The Morgan fingerprint density at radius 3 is 1.86 bits per heavy atom. The van der Waals surface area contributed by atoms with Crippen molar-refractivity contribution in [1.29, 1.82) is 0 Å². The summed E-state index contributed by atoms with van der Waals surface area (Å²) >= 11 is 0. The largest absolute Gasteiger partial charge is 0.368 e. The van der Waals surface area contributed by atoms with Crippen LogP contribution in [0.1, 0.15) is 13.8 Å². The molecule has 1 N–H and O–H groups in total. The molecule has 7 heavy (non-hydrogen) atoms. The lowest BCUT2D eigenvalue weighted by molar-refractivity contribution is -0.103. The Bertz CT molecular complexity index is 43.3. The molecule has 0 fully saturated rings. The summed E-state index contributed by atoms with van der Waals surface area (Å²) in [4.78, 5) is 0. The molecule has 0 aliphatic heterocycles. The molecule has 0 aromatic heterocycles. The summed E-state index contributed by atoms with van der Waals surface area (Å²) in [5.41, 5.74) is 0. The molecule has 0 saturated carbocycles. The Morgan fingerprint density at radius 2 is 1.86 bits per heavy atom. The quantitative estimate of drug-likeness (QED) is 0.520. The lowest BCUT2D eigenvalue weighted by Gasteiger charge is -2.10. The molecular formula is C5H12O2. The minimum absolute atomic E-state index is 0.199. The van der Waals surface area contributed by atoms with E-state index in [9.17, 15) is 0 Å². The monoisotopic (exact) mass is 104 g/mol. The van der Waals surface area contributed by atoms with E-state index in [1.165, 1.54) is 7.11 Å². The van der Waals surface area contributed by atoms with Crippen molar-refractivity contribution in [3.05, 3.63) is 0 Å². The van der Waals surface area contributed by atoms with E-state index in [-0.39, 0.29) is 5.92 Å².